The van der Waals surface area contributed by atoms with Crippen LogP contribution in [-0.4, -0.2) is 43.0 Å². The highest BCUT2D eigenvalue weighted by Crippen LogP contribution is 2.33. The van der Waals surface area contributed by atoms with Crippen molar-refractivity contribution in [1.29, 1.82) is 0 Å². The van der Waals surface area contributed by atoms with Gasteiger partial charge in [-0.15, -0.1) is 0 Å². The largest absolute Gasteiger partial charge is 0.379 e. The van der Waals surface area contributed by atoms with Crippen LogP contribution in [-0.2, 0) is 11.2 Å². The summed E-state index contributed by atoms with van der Waals surface area (Å²) in [4.78, 5) is 65.1. The molecule has 0 saturated carbocycles. The second-order valence-electron chi connectivity index (χ2n) is 14.3. The van der Waals surface area contributed by atoms with Crippen molar-refractivity contribution in [3.63, 3.8) is 0 Å². The number of nitro groups is 5. The summed E-state index contributed by atoms with van der Waals surface area (Å²) >= 11 is 0. The number of nitro benzene ring substituents is 5. The lowest BCUT2D eigenvalue weighted by Crippen LogP contribution is -2.38. The number of non-ortho nitro benzene ring substituents is 2. The van der Waals surface area contributed by atoms with Crippen LogP contribution in [0.4, 0.5) is 39.8 Å². The topological polar surface area (TPSA) is 257 Å². The Kier molecular flexibility index (Phi) is 14.4. The third-order valence-electron chi connectivity index (χ3n) is 7.56. The number of carbonyl (C=O) groups is 1. The molecular weight excluding hydrogens is 682 g/mol. The zero-order valence-corrected chi connectivity index (χ0v) is 30.0. The number of carbonyl (C=O) groups excluding carboxylic acids is 1. The van der Waals surface area contributed by atoms with Crippen molar-refractivity contribution in [2.75, 3.05) is 17.2 Å². The fourth-order valence-electron chi connectivity index (χ4n) is 5.08. The van der Waals surface area contributed by atoms with E-state index >= 15 is 0 Å². The van der Waals surface area contributed by atoms with Crippen molar-refractivity contribution in [3.05, 3.63) is 116 Å². The minimum atomic E-state index is -0.760. The molecule has 18 heteroatoms. The van der Waals surface area contributed by atoms with Crippen LogP contribution in [0.1, 0.15) is 71.9 Å². The van der Waals surface area contributed by atoms with E-state index in [1.165, 1.54) is 24.3 Å². The van der Waals surface area contributed by atoms with Crippen LogP contribution in [0.15, 0.2) is 54.6 Å². The van der Waals surface area contributed by atoms with Gasteiger partial charge in [0.1, 0.15) is 11.4 Å². The number of ketones is 1. The van der Waals surface area contributed by atoms with Crippen LogP contribution in [0.5, 0.6) is 0 Å². The van der Waals surface area contributed by atoms with Gasteiger partial charge in [0.25, 0.3) is 28.4 Å². The van der Waals surface area contributed by atoms with E-state index in [0.29, 0.717) is 43.5 Å². The van der Waals surface area contributed by atoms with Crippen LogP contribution >= 0.6 is 0 Å². The molecule has 3 rings (SSSR count). The summed E-state index contributed by atoms with van der Waals surface area (Å²) in [6.45, 7) is 13.3. The monoisotopic (exact) mass is 725 g/mol. The van der Waals surface area contributed by atoms with Crippen LogP contribution in [0.3, 0.4) is 0 Å². The van der Waals surface area contributed by atoms with Gasteiger partial charge < -0.3 is 10.6 Å². The maximum atomic E-state index is 13.0. The molecule has 3 aromatic carbocycles. The first-order chi connectivity index (χ1) is 24.0. The molecule has 0 aromatic heterocycles. The smallest absolute Gasteiger partial charge is 0.299 e. The molecule has 0 bridgehead atoms. The summed E-state index contributed by atoms with van der Waals surface area (Å²) in [5.74, 6) is -0.160. The molecule has 1 atom stereocenters. The highest BCUT2D eigenvalue weighted by molar-refractivity contribution is 5.91. The molecule has 0 aliphatic rings. The number of anilines is 2. The maximum absolute atomic E-state index is 13.0. The average molecular weight is 726 g/mol. The van der Waals surface area contributed by atoms with E-state index in [2.05, 4.69) is 10.6 Å². The summed E-state index contributed by atoms with van der Waals surface area (Å²) in [6, 6.07) is 11.2. The lowest BCUT2D eigenvalue weighted by molar-refractivity contribution is -0.394. The van der Waals surface area contributed by atoms with Gasteiger partial charge in [-0.2, -0.15) is 0 Å². The fraction of sp³-hybridized carbons (Fsp3) is 0.441. The molecule has 0 amide bonds. The quantitative estimate of drug-likeness (QED) is 0.0847. The van der Waals surface area contributed by atoms with Gasteiger partial charge in [-0.3, -0.25) is 55.4 Å². The Hall–Kier alpha value is -6.07. The summed E-state index contributed by atoms with van der Waals surface area (Å²) in [5.41, 5.74) is -0.475. The van der Waals surface area contributed by atoms with E-state index in [0.717, 1.165) is 23.8 Å². The van der Waals surface area contributed by atoms with Crippen molar-refractivity contribution in [3.8, 4) is 0 Å². The molecule has 0 saturated heterocycles. The zero-order valence-electron chi connectivity index (χ0n) is 30.0. The summed E-state index contributed by atoms with van der Waals surface area (Å²) in [6.07, 6.45) is 1.99. The number of unbranched alkanes of at least 4 members (excludes halogenated alkanes) is 1. The lowest BCUT2D eigenvalue weighted by Gasteiger charge is -2.26. The highest BCUT2D eigenvalue weighted by Gasteiger charge is 2.31. The Morgan fingerprint density at radius 1 is 0.654 bits per heavy atom. The first-order valence-corrected chi connectivity index (χ1v) is 16.2. The first-order valence-electron chi connectivity index (χ1n) is 16.2. The van der Waals surface area contributed by atoms with Crippen LogP contribution < -0.4 is 10.6 Å². The molecule has 280 valence electrons. The van der Waals surface area contributed by atoms with Crippen molar-refractivity contribution < 1.29 is 29.4 Å². The third kappa shape index (κ3) is 12.7. The van der Waals surface area contributed by atoms with E-state index in [1.54, 1.807) is 39.8 Å². The molecule has 0 heterocycles. The molecule has 0 radical (unpaired) electrons. The van der Waals surface area contributed by atoms with Gasteiger partial charge in [0, 0.05) is 35.7 Å². The van der Waals surface area contributed by atoms with Gasteiger partial charge in [-0.05, 0) is 61.8 Å². The predicted molar refractivity (Wildman–Crippen MR) is 195 cm³/mol. The molecule has 18 nitrogen and oxygen atoms in total. The van der Waals surface area contributed by atoms with Gasteiger partial charge in [0.15, 0.2) is 5.78 Å². The van der Waals surface area contributed by atoms with Gasteiger partial charge in [0.2, 0.25) is 0 Å². The molecule has 2 N–H and O–H groups in total. The molecule has 0 unspecified atom stereocenters. The SMILES string of the molecule is CC(C)(C)Cc1ccc([N+](=O)[O-])cc1[N+](=O)[O-].Cc1ccc(NCCCC[C@H](Nc2ccc([N+](=O)[O-])cc2[N+](=O)[O-])C(=O)C(C)(C)C)c([N+](=O)[O-])c1. The standard InChI is InChI=1S/C23H29N5O7.C11H14N2O4/c1-15-8-10-17(20(13-15)27(32)33)24-12-6-5-7-19(22(29)23(2,3)4)25-18-11-9-16(26(30)31)14-21(18)28(34)35;1-11(2,3)7-8-4-5-9(12(14)15)6-10(8)13(16)17/h8-11,13-14,19,24-25H,5-7,12H2,1-4H3;4-6H,7H2,1-3H3/t19-;/m0./s1. The third-order valence-corrected chi connectivity index (χ3v) is 7.56. The Balaban J connectivity index is 0.000000460. The number of benzene rings is 3. The van der Waals surface area contributed by atoms with E-state index in [4.69, 9.17) is 0 Å². The number of Topliss-reactive ketones (excluding diaryl/α,β-unsaturated/α-hetero) is 1. The molecule has 0 aliphatic heterocycles. The molecular formula is C34H43N7O11. The second-order valence-corrected chi connectivity index (χ2v) is 14.3. The van der Waals surface area contributed by atoms with E-state index < -0.39 is 47.4 Å². The van der Waals surface area contributed by atoms with Gasteiger partial charge in [0.05, 0.1) is 42.8 Å². The second kappa shape index (κ2) is 17.7. The average Bonchev–Trinajstić information content (AvgIpc) is 3.03. The van der Waals surface area contributed by atoms with Crippen molar-refractivity contribution in [1.82, 2.24) is 0 Å². The van der Waals surface area contributed by atoms with Crippen LogP contribution in [0.25, 0.3) is 0 Å². The van der Waals surface area contributed by atoms with E-state index in [1.807, 2.05) is 20.8 Å². The Labute approximate surface area is 299 Å². The number of hydrogen-bond acceptors (Lipinski definition) is 13. The number of aryl methyl sites for hydroxylation is 1. The summed E-state index contributed by atoms with van der Waals surface area (Å²) in [7, 11) is 0. The number of hydrogen-bond donors (Lipinski definition) is 2. The Bertz CT molecular complexity index is 1830. The Morgan fingerprint density at radius 2 is 1.15 bits per heavy atom. The van der Waals surface area contributed by atoms with Crippen molar-refractivity contribution >= 4 is 45.6 Å². The molecule has 3 aromatic rings. The van der Waals surface area contributed by atoms with Gasteiger partial charge in [-0.25, -0.2) is 0 Å². The lowest BCUT2D eigenvalue weighted by atomic mass is 9.84. The van der Waals surface area contributed by atoms with Crippen molar-refractivity contribution in [2.24, 2.45) is 10.8 Å². The molecule has 0 spiro atoms. The summed E-state index contributed by atoms with van der Waals surface area (Å²) in [5, 5.41) is 61.1. The fourth-order valence-corrected chi connectivity index (χ4v) is 5.08. The minimum Gasteiger partial charge on any atom is -0.379 e. The minimum absolute atomic E-state index is 0.0158. The van der Waals surface area contributed by atoms with Gasteiger partial charge in [-0.1, -0.05) is 47.6 Å². The van der Waals surface area contributed by atoms with Gasteiger partial charge >= 0.3 is 0 Å². The van der Waals surface area contributed by atoms with Crippen LogP contribution in [0, 0.1) is 68.3 Å². The molecule has 0 fully saturated rings. The zero-order chi connectivity index (χ0) is 39.6. The number of nitrogens with one attached hydrogen (secondary N) is 2. The normalized spacial score (nSPS) is 11.8. The Morgan fingerprint density at radius 3 is 1.65 bits per heavy atom. The van der Waals surface area contributed by atoms with E-state index in [-0.39, 0.29) is 33.9 Å². The predicted octanol–water partition coefficient (Wildman–Crippen LogP) is 8.49. The van der Waals surface area contributed by atoms with Crippen LogP contribution in [0.2, 0.25) is 0 Å². The number of nitrogens with zero attached hydrogens (tertiary/aromatic N) is 5. The first kappa shape index (κ1) is 42.1. The number of rotatable bonds is 15. The maximum Gasteiger partial charge on any atom is 0.299 e. The van der Waals surface area contributed by atoms with E-state index in [9.17, 15) is 55.4 Å². The molecule has 0 aliphatic carbocycles. The van der Waals surface area contributed by atoms with Crippen molar-refractivity contribution in [2.45, 2.75) is 80.2 Å². The molecule has 52 heavy (non-hydrogen) atoms. The highest BCUT2D eigenvalue weighted by atomic mass is 16.6. The summed E-state index contributed by atoms with van der Waals surface area (Å²) < 4.78 is 0.